The highest BCUT2D eigenvalue weighted by atomic mass is 16.5. The van der Waals surface area contributed by atoms with E-state index in [1.807, 2.05) is 18.6 Å². The molecule has 2 heterocycles. The Bertz CT molecular complexity index is 892. The van der Waals surface area contributed by atoms with Gasteiger partial charge in [-0.1, -0.05) is 24.6 Å². The highest BCUT2D eigenvalue weighted by Crippen LogP contribution is 2.27. The van der Waals surface area contributed by atoms with Crippen LogP contribution in [0.2, 0.25) is 0 Å². The van der Waals surface area contributed by atoms with E-state index in [0.717, 1.165) is 36.6 Å². The summed E-state index contributed by atoms with van der Waals surface area (Å²) in [6, 6.07) is 6.27. The summed E-state index contributed by atoms with van der Waals surface area (Å²) in [4.78, 5) is 4.36. The maximum atomic E-state index is 5.99. The molecule has 1 aromatic carbocycles. The molecule has 0 aliphatic carbocycles. The SMILES string of the molecule is CCCn1nc(C)c(-c2cncn2CCOc2ccc(C)cc2C)c1C. The van der Waals surface area contributed by atoms with Crippen molar-refractivity contribution in [2.45, 2.75) is 54.1 Å². The lowest BCUT2D eigenvalue weighted by atomic mass is 10.1. The van der Waals surface area contributed by atoms with Gasteiger partial charge in [-0.3, -0.25) is 4.68 Å². The van der Waals surface area contributed by atoms with Crippen molar-refractivity contribution >= 4 is 0 Å². The van der Waals surface area contributed by atoms with Crippen LogP contribution in [0.3, 0.4) is 0 Å². The Morgan fingerprint density at radius 2 is 1.88 bits per heavy atom. The van der Waals surface area contributed by atoms with E-state index in [9.17, 15) is 0 Å². The zero-order valence-electron chi connectivity index (χ0n) is 16.4. The molecular weight excluding hydrogens is 324 g/mol. The van der Waals surface area contributed by atoms with Gasteiger partial charge in [0, 0.05) is 17.8 Å². The molecule has 2 aromatic heterocycles. The number of nitrogens with zero attached hydrogens (tertiary/aromatic N) is 4. The number of ether oxygens (including phenoxy) is 1. The molecule has 0 atom stereocenters. The summed E-state index contributed by atoms with van der Waals surface area (Å²) in [7, 11) is 0. The fourth-order valence-electron chi connectivity index (χ4n) is 3.42. The van der Waals surface area contributed by atoms with Crippen molar-refractivity contribution in [2.24, 2.45) is 0 Å². The summed E-state index contributed by atoms with van der Waals surface area (Å²) < 4.78 is 10.2. The molecule has 0 aliphatic heterocycles. The fourth-order valence-corrected chi connectivity index (χ4v) is 3.42. The van der Waals surface area contributed by atoms with Crippen molar-refractivity contribution in [1.29, 1.82) is 0 Å². The lowest BCUT2D eigenvalue weighted by Crippen LogP contribution is -2.09. The van der Waals surface area contributed by atoms with Crippen molar-refractivity contribution < 1.29 is 4.74 Å². The minimum atomic E-state index is 0.606. The first-order valence-electron chi connectivity index (χ1n) is 9.25. The highest BCUT2D eigenvalue weighted by molar-refractivity contribution is 5.64. The standard InChI is InChI=1S/C21H28N4O/c1-6-9-25-18(5)21(17(4)23-25)19-13-22-14-24(19)10-11-26-20-8-7-15(2)12-16(20)3/h7-8,12-14H,6,9-11H2,1-5H3. The minimum absolute atomic E-state index is 0.606. The van der Waals surface area contributed by atoms with Crippen LogP contribution in [0, 0.1) is 27.7 Å². The number of benzene rings is 1. The predicted octanol–water partition coefficient (Wildman–Crippen LogP) is 4.47. The Morgan fingerprint density at radius 1 is 1.08 bits per heavy atom. The normalized spacial score (nSPS) is 11.1. The molecule has 3 rings (SSSR count). The summed E-state index contributed by atoms with van der Waals surface area (Å²) in [6.45, 7) is 12.8. The first kappa shape index (κ1) is 18.2. The molecule has 0 bridgehead atoms. The lowest BCUT2D eigenvalue weighted by Gasteiger charge is -2.12. The van der Waals surface area contributed by atoms with Gasteiger partial charge in [0.2, 0.25) is 0 Å². The van der Waals surface area contributed by atoms with E-state index >= 15 is 0 Å². The molecule has 5 nitrogen and oxygen atoms in total. The second kappa shape index (κ2) is 7.77. The van der Waals surface area contributed by atoms with E-state index in [4.69, 9.17) is 4.74 Å². The van der Waals surface area contributed by atoms with E-state index in [1.54, 1.807) is 0 Å². The first-order chi connectivity index (χ1) is 12.5. The summed E-state index contributed by atoms with van der Waals surface area (Å²) >= 11 is 0. The molecule has 5 heteroatoms. The smallest absolute Gasteiger partial charge is 0.122 e. The van der Waals surface area contributed by atoms with Crippen molar-refractivity contribution in [1.82, 2.24) is 19.3 Å². The van der Waals surface area contributed by atoms with Gasteiger partial charge >= 0.3 is 0 Å². The maximum Gasteiger partial charge on any atom is 0.122 e. The number of aryl methyl sites for hydroxylation is 4. The van der Waals surface area contributed by atoms with Crippen molar-refractivity contribution in [3.63, 3.8) is 0 Å². The van der Waals surface area contributed by atoms with Crippen LogP contribution in [-0.4, -0.2) is 25.9 Å². The Labute approximate surface area is 155 Å². The van der Waals surface area contributed by atoms with E-state index < -0.39 is 0 Å². The topological polar surface area (TPSA) is 44.9 Å². The van der Waals surface area contributed by atoms with Crippen molar-refractivity contribution in [3.8, 4) is 17.0 Å². The van der Waals surface area contributed by atoms with Gasteiger partial charge in [-0.05, 0) is 45.7 Å². The molecule has 0 aliphatic rings. The lowest BCUT2D eigenvalue weighted by molar-refractivity contribution is 0.297. The second-order valence-corrected chi connectivity index (χ2v) is 6.86. The van der Waals surface area contributed by atoms with Gasteiger partial charge in [-0.15, -0.1) is 0 Å². The molecule has 0 N–H and O–H groups in total. The number of imidazole rings is 1. The average molecular weight is 352 g/mol. The molecule has 0 unspecified atom stereocenters. The highest BCUT2D eigenvalue weighted by Gasteiger charge is 2.16. The van der Waals surface area contributed by atoms with Crippen LogP contribution in [-0.2, 0) is 13.1 Å². The Morgan fingerprint density at radius 3 is 2.62 bits per heavy atom. The average Bonchev–Trinajstić information content (AvgIpc) is 3.14. The van der Waals surface area contributed by atoms with Gasteiger partial charge in [-0.2, -0.15) is 5.10 Å². The monoisotopic (exact) mass is 352 g/mol. The number of rotatable bonds is 7. The number of aromatic nitrogens is 4. The van der Waals surface area contributed by atoms with Crippen LogP contribution in [0.1, 0.15) is 35.9 Å². The molecular formula is C21H28N4O. The zero-order valence-corrected chi connectivity index (χ0v) is 16.4. The molecule has 3 aromatic rings. The predicted molar refractivity (Wildman–Crippen MR) is 105 cm³/mol. The van der Waals surface area contributed by atoms with Crippen LogP contribution >= 0.6 is 0 Å². The number of hydrogen-bond acceptors (Lipinski definition) is 3. The largest absolute Gasteiger partial charge is 0.491 e. The van der Waals surface area contributed by atoms with Crippen LogP contribution in [0.4, 0.5) is 0 Å². The third-order valence-corrected chi connectivity index (χ3v) is 4.71. The first-order valence-corrected chi connectivity index (χ1v) is 9.25. The van der Waals surface area contributed by atoms with Crippen LogP contribution in [0.15, 0.2) is 30.7 Å². The van der Waals surface area contributed by atoms with Gasteiger partial charge < -0.3 is 9.30 Å². The molecule has 0 saturated carbocycles. The maximum absolute atomic E-state index is 5.99. The second-order valence-electron chi connectivity index (χ2n) is 6.86. The van der Waals surface area contributed by atoms with E-state index in [1.165, 1.54) is 22.4 Å². The van der Waals surface area contributed by atoms with Crippen LogP contribution < -0.4 is 4.74 Å². The summed E-state index contributed by atoms with van der Waals surface area (Å²) in [5.41, 5.74) is 6.95. The quantitative estimate of drug-likeness (QED) is 0.630. The van der Waals surface area contributed by atoms with Crippen LogP contribution in [0.25, 0.3) is 11.3 Å². The summed E-state index contributed by atoms with van der Waals surface area (Å²) in [5, 5.41) is 4.69. The van der Waals surface area contributed by atoms with Gasteiger partial charge in [0.1, 0.15) is 12.4 Å². The molecule has 0 saturated heterocycles. The number of hydrogen-bond donors (Lipinski definition) is 0. The van der Waals surface area contributed by atoms with E-state index in [0.29, 0.717) is 6.61 Å². The van der Waals surface area contributed by atoms with Crippen LogP contribution in [0.5, 0.6) is 5.75 Å². The Kier molecular flexibility index (Phi) is 5.45. The van der Waals surface area contributed by atoms with Gasteiger partial charge in [0.15, 0.2) is 0 Å². The van der Waals surface area contributed by atoms with E-state index in [-0.39, 0.29) is 0 Å². The molecule has 0 spiro atoms. The van der Waals surface area contributed by atoms with Gasteiger partial charge in [-0.25, -0.2) is 4.98 Å². The molecule has 0 fully saturated rings. The van der Waals surface area contributed by atoms with Gasteiger partial charge in [0.05, 0.1) is 30.5 Å². The Hall–Kier alpha value is -2.56. The summed E-state index contributed by atoms with van der Waals surface area (Å²) in [5.74, 6) is 0.945. The Balaban J connectivity index is 1.75. The molecule has 0 radical (unpaired) electrons. The van der Waals surface area contributed by atoms with Gasteiger partial charge in [0.25, 0.3) is 0 Å². The molecule has 0 amide bonds. The van der Waals surface area contributed by atoms with Crippen molar-refractivity contribution in [3.05, 3.63) is 53.2 Å². The molecule has 138 valence electrons. The van der Waals surface area contributed by atoms with Crippen molar-refractivity contribution in [2.75, 3.05) is 6.61 Å². The molecule has 26 heavy (non-hydrogen) atoms. The summed E-state index contributed by atoms with van der Waals surface area (Å²) in [6.07, 6.45) is 4.87. The zero-order chi connectivity index (χ0) is 18.7. The third kappa shape index (κ3) is 3.66. The fraction of sp³-hybridized carbons (Fsp3) is 0.429. The minimum Gasteiger partial charge on any atom is -0.491 e. The third-order valence-electron chi connectivity index (χ3n) is 4.71. The van der Waals surface area contributed by atoms with E-state index in [2.05, 4.69) is 66.1 Å².